The molecule has 0 bridgehead atoms. The van der Waals surface area contributed by atoms with E-state index in [0.717, 1.165) is 11.1 Å². The molecule has 0 heterocycles. The minimum atomic E-state index is -3.55. The zero-order valence-corrected chi connectivity index (χ0v) is 18.2. The summed E-state index contributed by atoms with van der Waals surface area (Å²) in [5, 5.41) is 10.4. The van der Waals surface area contributed by atoms with Crippen molar-refractivity contribution in [2.24, 2.45) is 0 Å². The largest absolute Gasteiger partial charge is 1.00 e. The van der Waals surface area contributed by atoms with E-state index in [1.165, 1.54) is 0 Å². The molecule has 2 aromatic carbocycles. The Kier molecular flexibility index (Phi) is 9.35. The molecule has 0 aromatic heterocycles. The van der Waals surface area contributed by atoms with Crippen molar-refractivity contribution in [1.29, 1.82) is 0 Å². The van der Waals surface area contributed by atoms with Crippen LogP contribution in [0.25, 0.3) is 0 Å². The molecule has 0 aliphatic rings. The van der Waals surface area contributed by atoms with Crippen LogP contribution in [-0.4, -0.2) is 26.7 Å². The molecule has 6 nitrogen and oxygen atoms in total. The molecule has 0 unspecified atom stereocenters. The van der Waals surface area contributed by atoms with E-state index in [-0.39, 0.29) is 59.6 Å². The zero-order valence-electron chi connectivity index (χ0n) is 15.4. The van der Waals surface area contributed by atoms with Crippen LogP contribution < -0.4 is 39.4 Å². The number of rotatable bonds is 9. The van der Waals surface area contributed by atoms with E-state index in [1.807, 2.05) is 6.92 Å². The summed E-state index contributed by atoms with van der Waals surface area (Å²) in [5.74, 6) is -1.52. The quantitative estimate of drug-likeness (QED) is 0.399. The molecular formula is C19H20NNaO5S. The second-order valence-electron chi connectivity index (χ2n) is 5.95. The van der Waals surface area contributed by atoms with Crippen molar-refractivity contribution in [2.45, 2.75) is 31.1 Å². The molecule has 138 valence electrons. The summed E-state index contributed by atoms with van der Waals surface area (Å²) < 4.78 is 26.9. The number of carbonyl (C=O) groups excluding carboxylic acids is 2. The number of hydrogen-bond donors (Lipinski definition) is 1. The maximum Gasteiger partial charge on any atom is 1.00 e. The fourth-order valence-electron chi connectivity index (χ4n) is 2.35. The van der Waals surface area contributed by atoms with Crippen LogP contribution in [0.1, 0.15) is 34.3 Å². The van der Waals surface area contributed by atoms with Crippen molar-refractivity contribution in [3.8, 4) is 0 Å². The average molecular weight is 397 g/mol. The molecule has 0 amide bonds. The molecule has 0 saturated carbocycles. The first-order valence-electron chi connectivity index (χ1n) is 8.16. The van der Waals surface area contributed by atoms with Gasteiger partial charge in [0.15, 0.2) is 5.78 Å². The predicted octanol–water partition coefficient (Wildman–Crippen LogP) is -1.77. The summed E-state index contributed by atoms with van der Waals surface area (Å²) in [6, 6.07) is 13.3. The van der Waals surface area contributed by atoms with Crippen molar-refractivity contribution in [2.75, 3.05) is 6.54 Å². The summed E-state index contributed by atoms with van der Waals surface area (Å²) >= 11 is 0. The molecule has 0 fully saturated rings. The molecule has 0 atom stereocenters. The molecule has 0 spiro atoms. The van der Waals surface area contributed by atoms with Crippen molar-refractivity contribution < 1.29 is 52.7 Å². The number of Topliss-reactive ketones (excluding diaryl/α,β-unsaturated/α-hetero) is 1. The van der Waals surface area contributed by atoms with Crippen LogP contribution in [0.15, 0.2) is 53.4 Å². The summed E-state index contributed by atoms with van der Waals surface area (Å²) in [6.45, 7) is 2.12. The Hall–Kier alpha value is -1.51. The van der Waals surface area contributed by atoms with Crippen LogP contribution >= 0.6 is 0 Å². The van der Waals surface area contributed by atoms with Gasteiger partial charge in [-0.15, -0.1) is 0 Å². The van der Waals surface area contributed by atoms with Gasteiger partial charge in [0.25, 0.3) is 0 Å². The number of carboxylic acid groups (broad SMARTS) is 1. The van der Waals surface area contributed by atoms with Gasteiger partial charge in [-0.05, 0) is 37.5 Å². The smallest absolute Gasteiger partial charge is 0.550 e. The van der Waals surface area contributed by atoms with Gasteiger partial charge in [0.1, 0.15) is 0 Å². The number of aliphatic carboxylic acids is 1. The SMILES string of the molecule is Cc1ccc(S(=O)(=O)NCCc2ccc(C(=O)CCC(=O)[O-])cc2)cc1.[Na+]. The summed E-state index contributed by atoms with van der Waals surface area (Å²) in [5.41, 5.74) is 2.28. The van der Waals surface area contributed by atoms with Gasteiger partial charge in [0.2, 0.25) is 10.0 Å². The third kappa shape index (κ3) is 7.56. The second kappa shape index (κ2) is 10.7. The number of benzene rings is 2. The Morgan fingerprint density at radius 3 is 2.11 bits per heavy atom. The third-order valence-corrected chi connectivity index (χ3v) is 5.35. The number of carboxylic acids is 1. The Labute approximate surface area is 181 Å². The molecule has 8 heteroatoms. The van der Waals surface area contributed by atoms with Gasteiger partial charge in [-0.25, -0.2) is 13.1 Å². The van der Waals surface area contributed by atoms with Gasteiger partial charge < -0.3 is 9.90 Å². The molecule has 2 rings (SSSR count). The summed E-state index contributed by atoms with van der Waals surface area (Å²) in [7, 11) is -3.55. The van der Waals surface area contributed by atoms with Crippen molar-refractivity contribution in [1.82, 2.24) is 4.72 Å². The van der Waals surface area contributed by atoms with Crippen molar-refractivity contribution in [3.05, 3.63) is 65.2 Å². The molecule has 1 N–H and O–H groups in total. The zero-order chi connectivity index (χ0) is 19.2. The first kappa shape index (κ1) is 23.5. The minimum Gasteiger partial charge on any atom is -0.550 e. The number of carbonyl (C=O) groups is 2. The molecular weight excluding hydrogens is 377 g/mol. The van der Waals surface area contributed by atoms with Gasteiger partial charge in [0, 0.05) is 24.5 Å². The number of aryl methyl sites for hydroxylation is 1. The summed E-state index contributed by atoms with van der Waals surface area (Å²) in [6.07, 6.45) is 0.0675. The molecule has 0 saturated heterocycles. The monoisotopic (exact) mass is 397 g/mol. The van der Waals surface area contributed by atoms with Crippen molar-refractivity contribution >= 4 is 21.8 Å². The van der Waals surface area contributed by atoms with E-state index in [2.05, 4.69) is 4.72 Å². The third-order valence-electron chi connectivity index (χ3n) is 3.87. The van der Waals surface area contributed by atoms with Crippen LogP contribution in [0.2, 0.25) is 0 Å². The number of hydrogen-bond acceptors (Lipinski definition) is 5. The van der Waals surface area contributed by atoms with E-state index < -0.39 is 16.0 Å². The van der Waals surface area contributed by atoms with Gasteiger partial charge in [-0.1, -0.05) is 42.0 Å². The van der Waals surface area contributed by atoms with Crippen LogP contribution in [0.5, 0.6) is 0 Å². The molecule has 2 aromatic rings. The van der Waals surface area contributed by atoms with E-state index in [1.54, 1.807) is 48.5 Å². The van der Waals surface area contributed by atoms with Crippen molar-refractivity contribution in [3.63, 3.8) is 0 Å². The maximum absolute atomic E-state index is 12.2. The Morgan fingerprint density at radius 2 is 1.56 bits per heavy atom. The number of ketones is 1. The van der Waals surface area contributed by atoms with Gasteiger partial charge in [-0.2, -0.15) is 0 Å². The van der Waals surface area contributed by atoms with E-state index in [9.17, 15) is 23.1 Å². The van der Waals surface area contributed by atoms with Crippen LogP contribution in [0.4, 0.5) is 0 Å². The topological polar surface area (TPSA) is 103 Å². The standard InChI is InChI=1S/C19H21NO5S.Na/c1-14-2-8-17(9-3-14)26(24,25)20-13-12-15-4-6-16(7-5-15)18(21)10-11-19(22)23;/h2-9,20H,10-13H2,1H3,(H,22,23);/q;+1/p-1. The average Bonchev–Trinajstić information content (AvgIpc) is 2.60. The maximum atomic E-state index is 12.2. The van der Waals surface area contributed by atoms with Crippen LogP contribution in [0.3, 0.4) is 0 Å². The number of nitrogens with one attached hydrogen (secondary N) is 1. The fraction of sp³-hybridized carbons (Fsp3) is 0.263. The Morgan fingerprint density at radius 1 is 0.963 bits per heavy atom. The molecule has 0 aliphatic heterocycles. The first-order valence-corrected chi connectivity index (χ1v) is 9.64. The minimum absolute atomic E-state index is 0. The fourth-order valence-corrected chi connectivity index (χ4v) is 3.38. The predicted molar refractivity (Wildman–Crippen MR) is 95.1 cm³/mol. The van der Waals surface area contributed by atoms with E-state index in [4.69, 9.17) is 0 Å². The van der Waals surface area contributed by atoms with E-state index >= 15 is 0 Å². The number of sulfonamides is 1. The normalized spacial score (nSPS) is 10.9. The first-order chi connectivity index (χ1) is 12.3. The second-order valence-corrected chi connectivity index (χ2v) is 7.72. The summed E-state index contributed by atoms with van der Waals surface area (Å²) in [4.78, 5) is 22.4. The Bertz CT molecular complexity index is 877. The van der Waals surface area contributed by atoms with Gasteiger partial charge in [-0.3, -0.25) is 4.79 Å². The molecule has 0 radical (unpaired) electrons. The van der Waals surface area contributed by atoms with Gasteiger partial charge >= 0.3 is 29.6 Å². The molecule has 27 heavy (non-hydrogen) atoms. The van der Waals surface area contributed by atoms with Crippen LogP contribution in [0, 0.1) is 6.92 Å². The van der Waals surface area contributed by atoms with Crippen LogP contribution in [-0.2, 0) is 21.2 Å². The Balaban J connectivity index is 0.00000364. The van der Waals surface area contributed by atoms with E-state index in [0.29, 0.717) is 12.0 Å². The van der Waals surface area contributed by atoms with Gasteiger partial charge in [0.05, 0.1) is 4.90 Å². The molecule has 0 aliphatic carbocycles.